The van der Waals surface area contributed by atoms with Crippen molar-refractivity contribution in [1.82, 2.24) is 19.3 Å². The summed E-state index contributed by atoms with van der Waals surface area (Å²) in [7, 11) is 0. The number of nitrogens with zero attached hydrogens (tertiary/aromatic N) is 4. The quantitative estimate of drug-likeness (QED) is 0.432. The van der Waals surface area contributed by atoms with E-state index in [1.165, 1.54) is 17.2 Å². The summed E-state index contributed by atoms with van der Waals surface area (Å²) in [6, 6.07) is 11.1. The fourth-order valence-electron chi connectivity index (χ4n) is 4.01. The van der Waals surface area contributed by atoms with Gasteiger partial charge in [0.15, 0.2) is 0 Å². The average Bonchev–Trinajstić information content (AvgIpc) is 3.46. The van der Waals surface area contributed by atoms with Crippen molar-refractivity contribution in [2.45, 2.75) is 39.3 Å². The fraction of sp³-hybridized carbons (Fsp3) is 0.231. The predicted molar refractivity (Wildman–Crippen MR) is 121 cm³/mol. The van der Waals surface area contributed by atoms with Gasteiger partial charge in [0.2, 0.25) is 0 Å². The minimum absolute atomic E-state index is 0.0575. The van der Waals surface area contributed by atoms with Crippen molar-refractivity contribution in [3.8, 4) is 11.1 Å². The molecule has 0 atom stereocenters. The summed E-state index contributed by atoms with van der Waals surface area (Å²) in [5.41, 5.74) is 7.65. The Bertz CT molecular complexity index is 1290. The normalized spacial score (nSPS) is 13.4. The highest BCUT2D eigenvalue weighted by molar-refractivity contribution is 5.85. The number of allylic oxidation sites excluding steroid dienone is 1. The van der Waals surface area contributed by atoms with Crippen molar-refractivity contribution in [2.75, 3.05) is 0 Å². The third kappa shape index (κ3) is 3.83. The van der Waals surface area contributed by atoms with Crippen LogP contribution in [0.4, 0.5) is 4.39 Å². The van der Waals surface area contributed by atoms with Crippen LogP contribution in [0.25, 0.3) is 16.7 Å². The molecule has 0 bridgehead atoms. The van der Waals surface area contributed by atoms with Crippen molar-refractivity contribution in [3.05, 3.63) is 102 Å². The van der Waals surface area contributed by atoms with Crippen molar-refractivity contribution in [3.63, 3.8) is 0 Å². The lowest BCUT2D eigenvalue weighted by Crippen LogP contribution is -2.21. The first-order valence-electron chi connectivity index (χ1n) is 10.5. The molecule has 0 amide bonds. The molecule has 0 fully saturated rings. The Hall–Kier alpha value is -3.47. The molecule has 1 aliphatic carbocycles. The van der Waals surface area contributed by atoms with Gasteiger partial charge in [-0.15, -0.1) is 0 Å². The molecule has 0 saturated heterocycles. The third-order valence-corrected chi connectivity index (χ3v) is 5.68. The Morgan fingerprint density at radius 1 is 1.00 bits per heavy atom. The molecular weight excluding hydrogens is 387 g/mol. The van der Waals surface area contributed by atoms with Crippen LogP contribution in [0.2, 0.25) is 0 Å². The first-order chi connectivity index (χ1) is 14.9. The summed E-state index contributed by atoms with van der Waals surface area (Å²) in [5, 5.41) is 4.53. The van der Waals surface area contributed by atoms with Crippen LogP contribution >= 0.6 is 0 Å². The Labute approximate surface area is 181 Å². The van der Waals surface area contributed by atoms with E-state index in [0.717, 1.165) is 34.4 Å². The second-order valence-corrected chi connectivity index (χ2v) is 9.09. The molecule has 5 heteroatoms. The zero-order chi connectivity index (χ0) is 21.6. The summed E-state index contributed by atoms with van der Waals surface area (Å²) in [6.45, 7) is 7.06. The molecule has 1 aromatic carbocycles. The van der Waals surface area contributed by atoms with Crippen molar-refractivity contribution >= 4 is 5.57 Å². The van der Waals surface area contributed by atoms with Gasteiger partial charge in [-0.05, 0) is 61.7 Å². The predicted octanol–water partition coefficient (Wildman–Crippen LogP) is 5.68. The van der Waals surface area contributed by atoms with Gasteiger partial charge in [0.25, 0.3) is 0 Å². The highest BCUT2D eigenvalue weighted by Gasteiger charge is 2.20. The van der Waals surface area contributed by atoms with E-state index in [-0.39, 0.29) is 11.4 Å². The third-order valence-electron chi connectivity index (χ3n) is 5.68. The molecule has 31 heavy (non-hydrogen) atoms. The molecule has 0 N–H and O–H groups in total. The lowest BCUT2D eigenvalue weighted by Gasteiger charge is -2.18. The Morgan fingerprint density at radius 2 is 1.87 bits per heavy atom. The zero-order valence-electron chi connectivity index (χ0n) is 18.0. The molecule has 4 aromatic rings. The molecule has 0 saturated carbocycles. The molecule has 0 radical (unpaired) electrons. The van der Waals surface area contributed by atoms with Crippen molar-refractivity contribution in [1.29, 1.82) is 0 Å². The van der Waals surface area contributed by atoms with Gasteiger partial charge in [-0.1, -0.05) is 18.2 Å². The number of hydrogen-bond donors (Lipinski definition) is 0. The maximum atomic E-state index is 13.5. The molecule has 1 aliphatic rings. The molecule has 0 aliphatic heterocycles. The van der Waals surface area contributed by atoms with Crippen LogP contribution in [0.3, 0.4) is 0 Å². The highest BCUT2D eigenvalue weighted by Crippen LogP contribution is 2.34. The minimum atomic E-state index is -0.203. The molecular formula is C26H25FN4. The van der Waals surface area contributed by atoms with Gasteiger partial charge >= 0.3 is 0 Å². The highest BCUT2D eigenvalue weighted by atomic mass is 19.1. The van der Waals surface area contributed by atoms with Gasteiger partial charge in [0, 0.05) is 54.4 Å². The molecule has 3 heterocycles. The number of hydrogen-bond acceptors (Lipinski definition) is 2. The number of benzene rings is 1. The van der Waals surface area contributed by atoms with E-state index in [0.29, 0.717) is 6.54 Å². The summed E-state index contributed by atoms with van der Waals surface area (Å²) in [6.07, 6.45) is 13.2. The number of rotatable bonds is 4. The van der Waals surface area contributed by atoms with E-state index < -0.39 is 0 Å². The molecule has 5 rings (SSSR count). The molecule has 3 aromatic heterocycles. The van der Waals surface area contributed by atoms with Crippen LogP contribution < -0.4 is 0 Å². The van der Waals surface area contributed by atoms with Crippen LogP contribution in [0, 0.1) is 5.82 Å². The zero-order valence-corrected chi connectivity index (χ0v) is 18.0. The lowest BCUT2D eigenvalue weighted by atomic mass is 10.0. The smallest absolute Gasteiger partial charge is 0.123 e. The van der Waals surface area contributed by atoms with E-state index >= 15 is 0 Å². The standard InChI is InChI=1S/C26H25FN4/c1-26(2,3)31-17-21(14-29-31)20-12-24-23(7-8-25(24)28-13-20)19-9-10-30(16-19)15-18-5-4-6-22(27)11-18/h4-7,9-14,16-17H,8,15H2,1-3H3. The van der Waals surface area contributed by atoms with Gasteiger partial charge < -0.3 is 4.57 Å². The SMILES string of the molecule is CC(C)(C)n1cc(-c2cnc3c(c2)C(c2ccn(Cc4cccc(F)c4)c2)=CC3)cn1. The number of aromatic nitrogens is 4. The fourth-order valence-corrected chi connectivity index (χ4v) is 4.01. The Kier molecular flexibility index (Phi) is 4.62. The van der Waals surface area contributed by atoms with Crippen LogP contribution in [0.15, 0.2) is 73.5 Å². The Balaban J connectivity index is 1.42. The van der Waals surface area contributed by atoms with Crippen molar-refractivity contribution in [2.24, 2.45) is 0 Å². The van der Waals surface area contributed by atoms with Gasteiger partial charge in [-0.2, -0.15) is 5.10 Å². The first kappa shape index (κ1) is 19.5. The van der Waals surface area contributed by atoms with Crippen LogP contribution in [-0.4, -0.2) is 19.3 Å². The average molecular weight is 413 g/mol. The van der Waals surface area contributed by atoms with Crippen LogP contribution in [-0.2, 0) is 18.5 Å². The summed E-state index contributed by atoms with van der Waals surface area (Å²) < 4.78 is 17.6. The van der Waals surface area contributed by atoms with E-state index in [2.05, 4.69) is 61.0 Å². The summed E-state index contributed by atoms with van der Waals surface area (Å²) >= 11 is 0. The van der Waals surface area contributed by atoms with Gasteiger partial charge in [0.1, 0.15) is 5.82 Å². The maximum absolute atomic E-state index is 13.5. The summed E-state index contributed by atoms with van der Waals surface area (Å²) in [5.74, 6) is -0.203. The molecule has 0 spiro atoms. The minimum Gasteiger partial charge on any atom is -0.349 e. The number of pyridine rings is 1. The maximum Gasteiger partial charge on any atom is 0.123 e. The number of halogens is 1. The molecule has 0 unspecified atom stereocenters. The summed E-state index contributed by atoms with van der Waals surface area (Å²) in [4.78, 5) is 4.73. The topological polar surface area (TPSA) is 35.6 Å². The lowest BCUT2D eigenvalue weighted by molar-refractivity contribution is 0.355. The first-order valence-corrected chi connectivity index (χ1v) is 10.5. The van der Waals surface area contributed by atoms with E-state index in [1.807, 2.05) is 29.3 Å². The largest absolute Gasteiger partial charge is 0.349 e. The van der Waals surface area contributed by atoms with Crippen molar-refractivity contribution < 1.29 is 4.39 Å². The van der Waals surface area contributed by atoms with E-state index in [1.54, 1.807) is 12.1 Å². The second-order valence-electron chi connectivity index (χ2n) is 9.09. The van der Waals surface area contributed by atoms with Crippen LogP contribution in [0.1, 0.15) is 43.2 Å². The van der Waals surface area contributed by atoms with E-state index in [4.69, 9.17) is 4.98 Å². The number of fused-ring (bicyclic) bond motifs is 1. The van der Waals surface area contributed by atoms with E-state index in [9.17, 15) is 4.39 Å². The second kappa shape index (κ2) is 7.34. The van der Waals surface area contributed by atoms with Gasteiger partial charge in [-0.3, -0.25) is 9.67 Å². The monoisotopic (exact) mass is 412 g/mol. The van der Waals surface area contributed by atoms with Gasteiger partial charge in [-0.25, -0.2) is 4.39 Å². The van der Waals surface area contributed by atoms with Gasteiger partial charge in [0.05, 0.1) is 17.4 Å². The Morgan fingerprint density at radius 3 is 2.65 bits per heavy atom. The molecule has 156 valence electrons. The molecule has 4 nitrogen and oxygen atoms in total. The van der Waals surface area contributed by atoms with Crippen LogP contribution in [0.5, 0.6) is 0 Å².